The average molecular weight is 306 g/mol. The summed E-state index contributed by atoms with van der Waals surface area (Å²) in [7, 11) is 1.88. The molecule has 22 heavy (non-hydrogen) atoms. The van der Waals surface area contributed by atoms with Crippen molar-refractivity contribution < 1.29 is 9.90 Å². The van der Waals surface area contributed by atoms with Crippen molar-refractivity contribution in [2.75, 3.05) is 26.2 Å². The minimum Gasteiger partial charge on any atom is -0.480 e. The van der Waals surface area contributed by atoms with Crippen LogP contribution in [0.5, 0.6) is 0 Å². The molecule has 1 saturated carbocycles. The van der Waals surface area contributed by atoms with Crippen LogP contribution in [0.2, 0.25) is 0 Å². The fourth-order valence-electron chi connectivity index (χ4n) is 4.02. The molecule has 2 heterocycles. The highest BCUT2D eigenvalue weighted by atomic mass is 16.4. The summed E-state index contributed by atoms with van der Waals surface area (Å²) in [6, 6.07) is 0.141. The molecule has 1 aliphatic heterocycles. The van der Waals surface area contributed by atoms with E-state index in [1.54, 1.807) is 6.33 Å². The lowest BCUT2D eigenvalue weighted by Gasteiger charge is -2.40. The SMILES string of the molecule is Cc1ncn(C)c1C(C(=O)O)N1CCN(C2CCCC2)CC1. The molecule has 0 radical (unpaired) electrons. The predicted octanol–water partition coefficient (Wildman–Crippen LogP) is 1.41. The second-order valence-corrected chi connectivity index (χ2v) is 6.58. The highest BCUT2D eigenvalue weighted by Gasteiger charge is 2.35. The maximum absolute atomic E-state index is 11.8. The van der Waals surface area contributed by atoms with Crippen molar-refractivity contribution in [1.82, 2.24) is 19.4 Å². The van der Waals surface area contributed by atoms with Crippen LogP contribution in [0.4, 0.5) is 0 Å². The van der Waals surface area contributed by atoms with Gasteiger partial charge in [0.05, 0.1) is 17.7 Å². The smallest absolute Gasteiger partial charge is 0.327 e. The molecule has 1 aliphatic carbocycles. The molecule has 6 heteroatoms. The number of carboxylic acid groups (broad SMARTS) is 1. The number of aliphatic carboxylic acids is 1. The Kier molecular flexibility index (Phi) is 4.49. The van der Waals surface area contributed by atoms with Gasteiger partial charge in [-0.1, -0.05) is 12.8 Å². The first kappa shape index (κ1) is 15.5. The second kappa shape index (κ2) is 6.38. The molecule has 1 atom stereocenters. The first-order valence-corrected chi connectivity index (χ1v) is 8.26. The highest BCUT2D eigenvalue weighted by molar-refractivity contribution is 5.75. The molecule has 0 amide bonds. The Morgan fingerprint density at radius 2 is 1.91 bits per heavy atom. The summed E-state index contributed by atoms with van der Waals surface area (Å²) >= 11 is 0. The molecule has 1 aromatic rings. The lowest BCUT2D eigenvalue weighted by molar-refractivity contribution is -0.144. The molecule has 2 fully saturated rings. The van der Waals surface area contributed by atoms with Gasteiger partial charge in [0.2, 0.25) is 0 Å². The number of piperazine rings is 1. The van der Waals surface area contributed by atoms with Gasteiger partial charge in [-0.2, -0.15) is 0 Å². The molecule has 1 unspecified atom stereocenters. The van der Waals surface area contributed by atoms with Gasteiger partial charge in [-0.25, -0.2) is 4.98 Å². The number of aryl methyl sites for hydroxylation is 2. The molecule has 122 valence electrons. The molecule has 2 aliphatic rings. The third kappa shape index (κ3) is 2.90. The van der Waals surface area contributed by atoms with Gasteiger partial charge in [0.1, 0.15) is 0 Å². The van der Waals surface area contributed by atoms with Gasteiger partial charge in [-0.05, 0) is 19.8 Å². The molecular weight excluding hydrogens is 280 g/mol. The Labute approximate surface area is 131 Å². The molecule has 0 aromatic carbocycles. The zero-order valence-electron chi connectivity index (χ0n) is 13.5. The monoisotopic (exact) mass is 306 g/mol. The zero-order valence-corrected chi connectivity index (χ0v) is 13.5. The molecule has 6 nitrogen and oxygen atoms in total. The Hall–Kier alpha value is -1.40. The summed E-state index contributed by atoms with van der Waals surface area (Å²) in [5.74, 6) is -0.777. The summed E-state index contributed by atoms with van der Waals surface area (Å²) in [6.45, 7) is 5.48. The topological polar surface area (TPSA) is 61.6 Å². The van der Waals surface area contributed by atoms with E-state index in [0.29, 0.717) is 0 Å². The van der Waals surface area contributed by atoms with Crippen LogP contribution in [0, 0.1) is 6.92 Å². The van der Waals surface area contributed by atoms with Gasteiger partial charge in [0.15, 0.2) is 6.04 Å². The second-order valence-electron chi connectivity index (χ2n) is 6.58. The summed E-state index contributed by atoms with van der Waals surface area (Å²) in [6.07, 6.45) is 7.01. The number of hydrogen-bond donors (Lipinski definition) is 1. The van der Waals surface area contributed by atoms with Crippen LogP contribution in [0.3, 0.4) is 0 Å². The van der Waals surface area contributed by atoms with Crippen molar-refractivity contribution in [3.63, 3.8) is 0 Å². The van der Waals surface area contributed by atoms with Crippen LogP contribution in [0.25, 0.3) is 0 Å². The van der Waals surface area contributed by atoms with E-state index in [-0.39, 0.29) is 0 Å². The normalized spacial score (nSPS) is 23.0. The van der Waals surface area contributed by atoms with E-state index < -0.39 is 12.0 Å². The highest BCUT2D eigenvalue weighted by Crippen LogP contribution is 2.28. The molecule has 1 aromatic heterocycles. The summed E-state index contributed by atoms with van der Waals surface area (Å²) in [5, 5.41) is 9.73. The molecule has 0 bridgehead atoms. The van der Waals surface area contributed by atoms with Gasteiger partial charge >= 0.3 is 5.97 Å². The van der Waals surface area contributed by atoms with E-state index in [0.717, 1.165) is 43.6 Å². The standard InChI is InChI=1S/C16H26N4O2/c1-12-14(18(2)11-17-12)15(16(21)22)20-9-7-19(8-10-20)13-5-3-4-6-13/h11,13,15H,3-10H2,1-2H3,(H,21,22). The lowest BCUT2D eigenvalue weighted by Crippen LogP contribution is -2.52. The van der Waals surface area contributed by atoms with E-state index in [1.807, 2.05) is 18.5 Å². The van der Waals surface area contributed by atoms with Gasteiger partial charge in [-0.3, -0.25) is 14.6 Å². The Bertz CT molecular complexity index is 509. The van der Waals surface area contributed by atoms with Crippen molar-refractivity contribution in [3.05, 3.63) is 17.7 Å². The molecule has 1 N–H and O–H groups in total. The Balaban J connectivity index is 1.71. The fourth-order valence-corrected chi connectivity index (χ4v) is 4.02. The van der Waals surface area contributed by atoms with E-state index in [2.05, 4.69) is 14.8 Å². The number of carbonyl (C=O) groups is 1. The van der Waals surface area contributed by atoms with Crippen LogP contribution in [-0.4, -0.2) is 62.6 Å². The molecule has 1 saturated heterocycles. The molecular formula is C16H26N4O2. The first-order chi connectivity index (χ1) is 10.6. The largest absolute Gasteiger partial charge is 0.480 e. The number of rotatable bonds is 4. The fraction of sp³-hybridized carbons (Fsp3) is 0.750. The number of imidazole rings is 1. The Morgan fingerprint density at radius 1 is 1.27 bits per heavy atom. The summed E-state index contributed by atoms with van der Waals surface area (Å²) in [4.78, 5) is 20.7. The van der Waals surface area contributed by atoms with Crippen LogP contribution >= 0.6 is 0 Å². The van der Waals surface area contributed by atoms with Crippen LogP contribution < -0.4 is 0 Å². The molecule has 0 spiro atoms. The molecule has 3 rings (SSSR count). The van der Waals surface area contributed by atoms with E-state index in [9.17, 15) is 9.90 Å². The van der Waals surface area contributed by atoms with Crippen molar-refractivity contribution in [1.29, 1.82) is 0 Å². The minimum absolute atomic E-state index is 0.585. The predicted molar refractivity (Wildman–Crippen MR) is 83.7 cm³/mol. The summed E-state index contributed by atoms with van der Waals surface area (Å²) < 4.78 is 1.84. The van der Waals surface area contributed by atoms with Crippen molar-refractivity contribution in [2.45, 2.75) is 44.7 Å². The van der Waals surface area contributed by atoms with Crippen molar-refractivity contribution in [3.8, 4) is 0 Å². The third-order valence-corrected chi connectivity index (χ3v) is 5.22. The first-order valence-electron chi connectivity index (χ1n) is 8.26. The maximum Gasteiger partial charge on any atom is 0.327 e. The quantitative estimate of drug-likeness (QED) is 0.911. The van der Waals surface area contributed by atoms with Crippen molar-refractivity contribution in [2.24, 2.45) is 7.05 Å². The summed E-state index contributed by atoms with van der Waals surface area (Å²) in [5.41, 5.74) is 1.62. The van der Waals surface area contributed by atoms with Gasteiger partial charge < -0.3 is 9.67 Å². The van der Waals surface area contributed by atoms with Crippen LogP contribution in [-0.2, 0) is 11.8 Å². The maximum atomic E-state index is 11.8. The van der Waals surface area contributed by atoms with Crippen LogP contribution in [0.15, 0.2) is 6.33 Å². The van der Waals surface area contributed by atoms with E-state index >= 15 is 0 Å². The average Bonchev–Trinajstić information content (AvgIpc) is 3.13. The van der Waals surface area contributed by atoms with Crippen molar-refractivity contribution >= 4 is 5.97 Å². The number of nitrogens with zero attached hydrogens (tertiary/aromatic N) is 4. The number of aromatic nitrogens is 2. The zero-order chi connectivity index (χ0) is 15.7. The Morgan fingerprint density at radius 3 is 2.41 bits per heavy atom. The van der Waals surface area contributed by atoms with Crippen LogP contribution in [0.1, 0.15) is 43.1 Å². The lowest BCUT2D eigenvalue weighted by atomic mass is 10.1. The van der Waals surface area contributed by atoms with Gasteiger partial charge in [-0.15, -0.1) is 0 Å². The van der Waals surface area contributed by atoms with Gasteiger partial charge in [0.25, 0.3) is 0 Å². The number of hydrogen-bond acceptors (Lipinski definition) is 4. The van der Waals surface area contributed by atoms with E-state index in [4.69, 9.17) is 0 Å². The minimum atomic E-state index is -0.777. The van der Waals surface area contributed by atoms with E-state index in [1.165, 1.54) is 25.7 Å². The third-order valence-electron chi connectivity index (χ3n) is 5.22. The van der Waals surface area contributed by atoms with Gasteiger partial charge in [0, 0.05) is 39.3 Å². The number of carboxylic acids is 1.